The topological polar surface area (TPSA) is 34.4 Å². The summed E-state index contributed by atoms with van der Waals surface area (Å²) in [5, 5.41) is 3.60. The van der Waals surface area contributed by atoms with E-state index in [4.69, 9.17) is 9.15 Å². The fourth-order valence-electron chi connectivity index (χ4n) is 3.33. The summed E-state index contributed by atoms with van der Waals surface area (Å²) in [4.78, 5) is 0. The summed E-state index contributed by atoms with van der Waals surface area (Å²) >= 11 is 0. The molecule has 0 saturated heterocycles. The molecule has 112 valence electrons. The maximum absolute atomic E-state index is 5.96. The van der Waals surface area contributed by atoms with E-state index in [0.29, 0.717) is 12.5 Å². The zero-order chi connectivity index (χ0) is 14.7. The lowest BCUT2D eigenvalue weighted by atomic mass is 9.94. The first kappa shape index (κ1) is 14.4. The van der Waals surface area contributed by atoms with Gasteiger partial charge in [0, 0.05) is 7.11 Å². The lowest BCUT2D eigenvalue weighted by Gasteiger charge is -2.22. The van der Waals surface area contributed by atoms with Gasteiger partial charge < -0.3 is 14.5 Å². The standard InChI is InChI=1S/C18H23NO2/c1-3-19-18(17-9-8-16(21-17)12-20-2)15-10-13-6-4-5-7-14(13)11-15/h4-9,15,18-19H,3,10-12H2,1-2H3. The van der Waals surface area contributed by atoms with Crippen LogP contribution in [0, 0.1) is 5.92 Å². The summed E-state index contributed by atoms with van der Waals surface area (Å²) in [6.45, 7) is 3.62. The van der Waals surface area contributed by atoms with Gasteiger partial charge in [0.2, 0.25) is 0 Å². The van der Waals surface area contributed by atoms with Gasteiger partial charge in [-0.2, -0.15) is 0 Å². The Labute approximate surface area is 126 Å². The number of methoxy groups -OCH3 is 1. The Kier molecular flexibility index (Phi) is 4.42. The number of rotatable bonds is 6. The van der Waals surface area contributed by atoms with Crippen LogP contribution in [0.3, 0.4) is 0 Å². The van der Waals surface area contributed by atoms with Gasteiger partial charge in [0.05, 0.1) is 6.04 Å². The third-order valence-electron chi connectivity index (χ3n) is 4.25. The van der Waals surface area contributed by atoms with Gasteiger partial charge in [0.1, 0.15) is 18.1 Å². The van der Waals surface area contributed by atoms with Gasteiger partial charge in [-0.3, -0.25) is 0 Å². The Bertz CT molecular complexity index is 565. The fraction of sp³-hybridized carbons (Fsp3) is 0.444. The van der Waals surface area contributed by atoms with Gasteiger partial charge >= 0.3 is 0 Å². The van der Waals surface area contributed by atoms with Crippen molar-refractivity contribution in [3.63, 3.8) is 0 Å². The predicted octanol–water partition coefficient (Wildman–Crippen LogP) is 3.49. The largest absolute Gasteiger partial charge is 0.462 e. The van der Waals surface area contributed by atoms with Gasteiger partial charge in [-0.1, -0.05) is 31.2 Å². The van der Waals surface area contributed by atoms with Gasteiger partial charge in [0.15, 0.2) is 0 Å². The molecule has 1 unspecified atom stereocenters. The molecule has 0 bridgehead atoms. The molecule has 1 aromatic heterocycles. The molecule has 3 nitrogen and oxygen atoms in total. The first-order valence-corrected chi connectivity index (χ1v) is 7.69. The van der Waals surface area contributed by atoms with E-state index in [1.165, 1.54) is 11.1 Å². The van der Waals surface area contributed by atoms with Crippen molar-refractivity contribution in [3.05, 3.63) is 59.0 Å². The zero-order valence-electron chi connectivity index (χ0n) is 12.8. The van der Waals surface area contributed by atoms with Crippen LogP contribution in [-0.2, 0) is 24.2 Å². The van der Waals surface area contributed by atoms with Gasteiger partial charge in [-0.15, -0.1) is 0 Å². The molecule has 1 aliphatic rings. The highest BCUT2D eigenvalue weighted by molar-refractivity contribution is 5.33. The van der Waals surface area contributed by atoms with Crippen LogP contribution in [-0.4, -0.2) is 13.7 Å². The normalized spacial score (nSPS) is 16.1. The number of ether oxygens (including phenoxy) is 1. The SMILES string of the molecule is CCNC(c1ccc(COC)o1)C1Cc2ccccc2C1. The molecule has 0 saturated carbocycles. The molecule has 2 aromatic rings. The van der Waals surface area contributed by atoms with Crippen molar-refractivity contribution in [2.24, 2.45) is 5.92 Å². The second-order valence-corrected chi connectivity index (χ2v) is 5.71. The van der Waals surface area contributed by atoms with Crippen molar-refractivity contribution in [1.29, 1.82) is 0 Å². The van der Waals surface area contributed by atoms with Crippen molar-refractivity contribution in [2.75, 3.05) is 13.7 Å². The van der Waals surface area contributed by atoms with Crippen LogP contribution >= 0.6 is 0 Å². The van der Waals surface area contributed by atoms with Crippen molar-refractivity contribution >= 4 is 0 Å². The van der Waals surface area contributed by atoms with Crippen LogP contribution in [0.5, 0.6) is 0 Å². The summed E-state index contributed by atoms with van der Waals surface area (Å²) < 4.78 is 11.1. The Balaban J connectivity index is 1.79. The fourth-order valence-corrected chi connectivity index (χ4v) is 3.33. The molecule has 21 heavy (non-hydrogen) atoms. The first-order chi connectivity index (χ1) is 10.3. The van der Waals surface area contributed by atoms with Crippen LogP contribution in [0.15, 0.2) is 40.8 Å². The molecule has 1 N–H and O–H groups in total. The minimum atomic E-state index is 0.271. The molecule has 0 amide bonds. The number of benzene rings is 1. The molecule has 0 aliphatic heterocycles. The second-order valence-electron chi connectivity index (χ2n) is 5.71. The minimum absolute atomic E-state index is 0.271. The van der Waals surface area contributed by atoms with Crippen LogP contribution < -0.4 is 5.32 Å². The summed E-state index contributed by atoms with van der Waals surface area (Å²) in [6, 6.07) is 13.1. The number of furan rings is 1. The Morgan fingerprint density at radius 1 is 1.19 bits per heavy atom. The molecule has 0 fully saturated rings. The second kappa shape index (κ2) is 6.46. The van der Waals surface area contributed by atoms with Crippen molar-refractivity contribution in [2.45, 2.75) is 32.4 Å². The third kappa shape index (κ3) is 3.04. The van der Waals surface area contributed by atoms with E-state index < -0.39 is 0 Å². The van der Waals surface area contributed by atoms with Gasteiger partial charge in [-0.25, -0.2) is 0 Å². The molecule has 0 spiro atoms. The van der Waals surface area contributed by atoms with Crippen molar-refractivity contribution < 1.29 is 9.15 Å². The highest BCUT2D eigenvalue weighted by atomic mass is 16.5. The van der Waals surface area contributed by atoms with Gasteiger partial charge in [-0.05, 0) is 48.6 Å². The maximum Gasteiger partial charge on any atom is 0.129 e. The van der Waals surface area contributed by atoms with Crippen LogP contribution in [0.4, 0.5) is 0 Å². The molecule has 3 heteroatoms. The smallest absolute Gasteiger partial charge is 0.129 e. The van der Waals surface area contributed by atoms with Crippen molar-refractivity contribution in [3.8, 4) is 0 Å². The lowest BCUT2D eigenvalue weighted by Crippen LogP contribution is -2.28. The van der Waals surface area contributed by atoms with E-state index in [-0.39, 0.29) is 6.04 Å². The number of fused-ring (bicyclic) bond motifs is 1. The molecule has 3 rings (SSSR count). The average Bonchev–Trinajstić information content (AvgIpc) is 3.11. The Morgan fingerprint density at radius 3 is 2.52 bits per heavy atom. The monoisotopic (exact) mass is 285 g/mol. The molecular formula is C18H23NO2. The van der Waals surface area contributed by atoms with E-state index in [1.807, 2.05) is 6.07 Å². The summed E-state index contributed by atoms with van der Waals surface area (Å²) in [6.07, 6.45) is 2.24. The Hall–Kier alpha value is -1.58. The Morgan fingerprint density at radius 2 is 1.90 bits per heavy atom. The van der Waals surface area contributed by atoms with Crippen LogP contribution in [0.25, 0.3) is 0 Å². The molecule has 1 aromatic carbocycles. The highest BCUT2D eigenvalue weighted by Crippen LogP contribution is 2.35. The maximum atomic E-state index is 5.96. The molecule has 1 atom stereocenters. The number of hydrogen-bond donors (Lipinski definition) is 1. The molecule has 1 heterocycles. The minimum Gasteiger partial charge on any atom is -0.462 e. The first-order valence-electron chi connectivity index (χ1n) is 7.69. The number of hydrogen-bond acceptors (Lipinski definition) is 3. The van der Waals surface area contributed by atoms with E-state index in [1.54, 1.807) is 7.11 Å². The van der Waals surface area contributed by atoms with E-state index in [0.717, 1.165) is 30.9 Å². The predicted molar refractivity (Wildman–Crippen MR) is 83.2 cm³/mol. The quantitative estimate of drug-likeness (QED) is 0.882. The summed E-state index contributed by atoms with van der Waals surface area (Å²) in [5.41, 5.74) is 2.96. The molecule has 1 aliphatic carbocycles. The summed E-state index contributed by atoms with van der Waals surface area (Å²) in [7, 11) is 1.69. The van der Waals surface area contributed by atoms with Crippen LogP contribution in [0.2, 0.25) is 0 Å². The molecular weight excluding hydrogens is 262 g/mol. The van der Waals surface area contributed by atoms with E-state index in [9.17, 15) is 0 Å². The third-order valence-corrected chi connectivity index (χ3v) is 4.25. The highest BCUT2D eigenvalue weighted by Gasteiger charge is 2.30. The van der Waals surface area contributed by atoms with Gasteiger partial charge in [0.25, 0.3) is 0 Å². The molecule has 0 radical (unpaired) electrons. The number of nitrogens with one attached hydrogen (secondary N) is 1. The average molecular weight is 285 g/mol. The lowest BCUT2D eigenvalue weighted by molar-refractivity contribution is 0.160. The van der Waals surface area contributed by atoms with E-state index in [2.05, 4.69) is 42.6 Å². The van der Waals surface area contributed by atoms with Crippen molar-refractivity contribution in [1.82, 2.24) is 5.32 Å². The van der Waals surface area contributed by atoms with E-state index >= 15 is 0 Å². The van der Waals surface area contributed by atoms with Crippen LogP contribution in [0.1, 0.15) is 35.6 Å². The zero-order valence-corrected chi connectivity index (χ0v) is 12.8. The summed E-state index contributed by atoms with van der Waals surface area (Å²) in [5.74, 6) is 2.48.